The van der Waals surface area contributed by atoms with E-state index in [4.69, 9.17) is 14.6 Å². The molecule has 1 rings (SSSR count). The first-order chi connectivity index (χ1) is 9.57. The van der Waals surface area contributed by atoms with E-state index in [0.717, 1.165) is 0 Å². The molecule has 20 heavy (non-hydrogen) atoms. The minimum atomic E-state index is -1.11. The Hall–Kier alpha value is -2.28. The number of amides is 1. The Labute approximate surface area is 116 Å². The molecule has 0 aromatic heterocycles. The summed E-state index contributed by atoms with van der Waals surface area (Å²) in [6.07, 6.45) is 0. The van der Waals surface area contributed by atoms with Gasteiger partial charge in [-0.3, -0.25) is 4.79 Å². The van der Waals surface area contributed by atoms with Gasteiger partial charge in [-0.1, -0.05) is 0 Å². The van der Waals surface area contributed by atoms with Gasteiger partial charge in [-0.15, -0.1) is 0 Å². The third-order valence-corrected chi connectivity index (χ3v) is 2.62. The van der Waals surface area contributed by atoms with Crippen LogP contribution in [0, 0.1) is 0 Å². The quantitative estimate of drug-likeness (QED) is 0.712. The molecule has 0 spiro atoms. The predicted molar refractivity (Wildman–Crippen MR) is 69.9 cm³/mol. The Bertz CT molecular complexity index is 488. The molecule has 2 N–H and O–H groups in total. The van der Waals surface area contributed by atoms with Crippen molar-refractivity contribution >= 4 is 11.9 Å². The molecule has 0 unspecified atom stereocenters. The molecule has 7 nitrogen and oxygen atoms in total. The number of nitrogens with one attached hydrogen (secondary N) is 1. The molecule has 0 aliphatic heterocycles. The van der Waals surface area contributed by atoms with Gasteiger partial charge in [-0.25, -0.2) is 4.79 Å². The van der Waals surface area contributed by atoms with Gasteiger partial charge in [0.25, 0.3) is 5.91 Å². The van der Waals surface area contributed by atoms with Crippen LogP contribution in [-0.4, -0.2) is 51.0 Å². The van der Waals surface area contributed by atoms with Gasteiger partial charge in [-0.05, 0) is 18.2 Å². The number of hydrogen-bond donors (Lipinski definition) is 2. The molecule has 1 aromatic carbocycles. The maximum atomic E-state index is 12.0. The highest BCUT2D eigenvalue weighted by Crippen LogP contribution is 2.27. The van der Waals surface area contributed by atoms with E-state index in [1.165, 1.54) is 33.5 Å². The standard InChI is InChI=1S/C13H17NO6/c1-18-10-5-4-8(6-11(10)19-2)12(16)14-9(7-15)13(17)20-3/h4-6,9,15H,7H2,1-3H3,(H,14,16)/t9-/m0/s1. The van der Waals surface area contributed by atoms with E-state index in [9.17, 15) is 9.59 Å². The van der Waals surface area contributed by atoms with Crippen molar-refractivity contribution in [3.63, 3.8) is 0 Å². The molecular weight excluding hydrogens is 266 g/mol. The van der Waals surface area contributed by atoms with Gasteiger partial charge in [0.15, 0.2) is 17.5 Å². The second-order valence-corrected chi connectivity index (χ2v) is 3.80. The Kier molecular flexibility index (Phi) is 5.79. The van der Waals surface area contributed by atoms with Crippen molar-refractivity contribution in [3.05, 3.63) is 23.8 Å². The molecule has 1 atom stereocenters. The van der Waals surface area contributed by atoms with Crippen molar-refractivity contribution in [2.75, 3.05) is 27.9 Å². The second-order valence-electron chi connectivity index (χ2n) is 3.80. The van der Waals surface area contributed by atoms with Crippen LogP contribution < -0.4 is 14.8 Å². The topological polar surface area (TPSA) is 94.1 Å². The van der Waals surface area contributed by atoms with Crippen LogP contribution in [-0.2, 0) is 9.53 Å². The Balaban J connectivity index is 2.89. The van der Waals surface area contributed by atoms with E-state index < -0.39 is 24.5 Å². The van der Waals surface area contributed by atoms with Crippen molar-refractivity contribution in [1.29, 1.82) is 0 Å². The summed E-state index contributed by atoms with van der Waals surface area (Å²) in [5.74, 6) is -0.383. The monoisotopic (exact) mass is 283 g/mol. The number of hydrogen-bond acceptors (Lipinski definition) is 6. The molecule has 0 saturated carbocycles. The van der Waals surface area contributed by atoms with Crippen molar-refractivity contribution in [2.24, 2.45) is 0 Å². The minimum absolute atomic E-state index is 0.269. The average Bonchev–Trinajstić information content (AvgIpc) is 2.50. The molecule has 1 aromatic rings. The van der Waals surface area contributed by atoms with Gasteiger partial charge in [0, 0.05) is 5.56 Å². The van der Waals surface area contributed by atoms with E-state index in [1.54, 1.807) is 6.07 Å². The van der Waals surface area contributed by atoms with Crippen LogP contribution in [0.25, 0.3) is 0 Å². The number of carbonyl (C=O) groups is 2. The van der Waals surface area contributed by atoms with E-state index in [0.29, 0.717) is 11.5 Å². The molecule has 0 bridgehead atoms. The molecular formula is C13H17NO6. The lowest BCUT2D eigenvalue weighted by Crippen LogP contribution is -2.44. The maximum absolute atomic E-state index is 12.0. The zero-order chi connectivity index (χ0) is 15.1. The SMILES string of the molecule is COC(=O)[C@H](CO)NC(=O)c1ccc(OC)c(OC)c1. The Morgan fingerprint density at radius 1 is 1.20 bits per heavy atom. The highest BCUT2D eigenvalue weighted by molar-refractivity contribution is 5.97. The van der Waals surface area contributed by atoms with Gasteiger partial charge >= 0.3 is 5.97 Å². The van der Waals surface area contributed by atoms with E-state index in [-0.39, 0.29) is 5.56 Å². The summed E-state index contributed by atoms with van der Waals surface area (Å²) in [5.41, 5.74) is 0.269. The predicted octanol–water partition coefficient (Wildman–Crippen LogP) is -0.0325. The maximum Gasteiger partial charge on any atom is 0.330 e. The van der Waals surface area contributed by atoms with Gasteiger partial charge in [-0.2, -0.15) is 0 Å². The van der Waals surface area contributed by atoms with Gasteiger partial charge in [0.1, 0.15) is 0 Å². The highest BCUT2D eigenvalue weighted by atomic mass is 16.5. The first kappa shape index (κ1) is 15.8. The largest absolute Gasteiger partial charge is 0.493 e. The van der Waals surface area contributed by atoms with E-state index in [2.05, 4.69) is 10.1 Å². The molecule has 1 amide bonds. The summed E-state index contributed by atoms with van der Waals surface area (Å²) in [5, 5.41) is 11.4. The fourth-order valence-electron chi connectivity index (χ4n) is 1.54. The number of carbonyl (C=O) groups excluding carboxylic acids is 2. The molecule has 0 aliphatic rings. The summed E-state index contributed by atoms with van der Waals surface area (Å²) in [7, 11) is 4.11. The number of ether oxygens (including phenoxy) is 3. The summed E-state index contributed by atoms with van der Waals surface area (Å²) in [4.78, 5) is 23.3. The lowest BCUT2D eigenvalue weighted by molar-refractivity contribution is -0.143. The van der Waals surface area contributed by atoms with E-state index >= 15 is 0 Å². The number of aliphatic hydroxyl groups is 1. The summed E-state index contributed by atoms with van der Waals surface area (Å²) in [6.45, 7) is -0.550. The molecule has 110 valence electrons. The number of aliphatic hydroxyl groups excluding tert-OH is 1. The van der Waals surface area contributed by atoms with Gasteiger partial charge in [0.05, 0.1) is 27.9 Å². The lowest BCUT2D eigenvalue weighted by Gasteiger charge is -2.14. The second kappa shape index (κ2) is 7.34. The van der Waals surface area contributed by atoms with Crippen molar-refractivity contribution in [2.45, 2.75) is 6.04 Å². The molecule has 0 fully saturated rings. The summed E-state index contributed by atoms with van der Waals surface area (Å²) >= 11 is 0. The minimum Gasteiger partial charge on any atom is -0.493 e. The first-order valence-electron chi connectivity index (χ1n) is 5.79. The Morgan fingerprint density at radius 3 is 2.35 bits per heavy atom. The van der Waals surface area contributed by atoms with Crippen LogP contribution in [0.2, 0.25) is 0 Å². The average molecular weight is 283 g/mol. The third kappa shape index (κ3) is 3.61. The van der Waals surface area contributed by atoms with Crippen LogP contribution in [0.4, 0.5) is 0 Å². The van der Waals surface area contributed by atoms with Crippen LogP contribution in [0.1, 0.15) is 10.4 Å². The first-order valence-corrected chi connectivity index (χ1v) is 5.79. The molecule has 0 saturated heterocycles. The smallest absolute Gasteiger partial charge is 0.330 e. The van der Waals surface area contributed by atoms with Crippen LogP contribution >= 0.6 is 0 Å². The van der Waals surface area contributed by atoms with Crippen molar-refractivity contribution in [3.8, 4) is 11.5 Å². The third-order valence-electron chi connectivity index (χ3n) is 2.62. The molecule has 0 aliphatic carbocycles. The molecule has 0 radical (unpaired) electrons. The zero-order valence-electron chi connectivity index (χ0n) is 11.5. The Morgan fingerprint density at radius 2 is 1.85 bits per heavy atom. The molecule has 0 heterocycles. The lowest BCUT2D eigenvalue weighted by atomic mass is 10.1. The fourth-order valence-corrected chi connectivity index (χ4v) is 1.54. The summed E-state index contributed by atoms with van der Waals surface area (Å²) < 4.78 is 14.6. The highest BCUT2D eigenvalue weighted by Gasteiger charge is 2.21. The van der Waals surface area contributed by atoms with Crippen molar-refractivity contribution < 1.29 is 28.9 Å². The van der Waals surface area contributed by atoms with Crippen LogP contribution in [0.5, 0.6) is 11.5 Å². The molecule has 7 heteroatoms. The van der Waals surface area contributed by atoms with Crippen LogP contribution in [0.15, 0.2) is 18.2 Å². The number of benzene rings is 1. The van der Waals surface area contributed by atoms with E-state index in [1.807, 2.05) is 0 Å². The summed E-state index contributed by atoms with van der Waals surface area (Å²) in [6, 6.07) is 3.45. The van der Waals surface area contributed by atoms with Crippen molar-refractivity contribution in [1.82, 2.24) is 5.32 Å². The van der Waals surface area contributed by atoms with Gasteiger partial charge < -0.3 is 24.6 Å². The number of methoxy groups -OCH3 is 3. The van der Waals surface area contributed by atoms with Crippen LogP contribution in [0.3, 0.4) is 0 Å². The fraction of sp³-hybridized carbons (Fsp3) is 0.385. The van der Waals surface area contributed by atoms with Gasteiger partial charge in [0.2, 0.25) is 0 Å². The number of esters is 1. The number of rotatable bonds is 6. The zero-order valence-corrected chi connectivity index (χ0v) is 11.5. The normalized spacial score (nSPS) is 11.4.